The third kappa shape index (κ3) is 9.49. The van der Waals surface area contributed by atoms with Gasteiger partial charge in [-0.15, -0.1) is 11.3 Å². The number of rotatable bonds is 15. The first-order valence-corrected chi connectivity index (χ1v) is 19.4. The van der Waals surface area contributed by atoms with Crippen LogP contribution >= 0.6 is 18.9 Å². The lowest BCUT2D eigenvalue weighted by Crippen LogP contribution is -2.61. The number of hydrogen-bond donors (Lipinski definition) is 4. The molecule has 3 heterocycles. The lowest BCUT2D eigenvalue weighted by Gasteiger charge is -2.38. The molecule has 5 atom stereocenters. The molecule has 0 aliphatic carbocycles. The van der Waals surface area contributed by atoms with E-state index in [1.165, 1.54) is 24.0 Å². The van der Waals surface area contributed by atoms with Gasteiger partial charge in [-0.25, -0.2) is 4.79 Å². The van der Waals surface area contributed by atoms with Crippen LogP contribution in [0.2, 0.25) is 0 Å². The van der Waals surface area contributed by atoms with Gasteiger partial charge in [0.05, 0.1) is 18.1 Å². The van der Waals surface area contributed by atoms with Gasteiger partial charge in [0.25, 0.3) is 5.91 Å². The molecule has 2 aliphatic heterocycles. The first kappa shape index (κ1) is 40.3. The molecule has 2 aromatic rings. The van der Waals surface area contributed by atoms with Crippen LogP contribution in [0.1, 0.15) is 75.0 Å². The molecule has 2 saturated heterocycles. The molecule has 14 nitrogen and oxygen atoms in total. The number of esters is 1. The molecule has 5 N–H and O–H groups in total. The molecule has 51 heavy (non-hydrogen) atoms. The smallest absolute Gasteiger partial charge is 0.401 e. The topological polar surface area (TPSA) is 198 Å². The Kier molecular flexibility index (Phi) is 13.3. The second-order valence-corrected chi connectivity index (χ2v) is 16.1. The fraction of sp³-hybridized carbons (Fsp3) is 0.606. The predicted octanol–water partition coefficient (Wildman–Crippen LogP) is 3.31. The molecular weight excluding hydrogens is 711 g/mol. The number of nitrogens with one attached hydrogen (secondary N) is 2. The maximum atomic E-state index is 14.9. The van der Waals surface area contributed by atoms with Crippen molar-refractivity contribution in [3.63, 3.8) is 0 Å². The van der Waals surface area contributed by atoms with E-state index in [0.29, 0.717) is 37.1 Å². The van der Waals surface area contributed by atoms with E-state index in [4.69, 9.17) is 10.5 Å². The maximum Gasteiger partial charge on any atom is 0.401 e. The largest absolute Gasteiger partial charge is 0.464 e. The summed E-state index contributed by atoms with van der Waals surface area (Å²) >= 11 is 0.996. The fourth-order valence-corrected chi connectivity index (χ4v) is 8.16. The Morgan fingerprint density at radius 1 is 1.16 bits per heavy atom. The summed E-state index contributed by atoms with van der Waals surface area (Å²) in [5.74, 6) is -3.05. The summed E-state index contributed by atoms with van der Waals surface area (Å²) < 4.78 is 52.2. The Labute approximate surface area is 298 Å². The number of likely N-dealkylation sites (N-methyl/N-ethyl adjacent to an activating group) is 1. The van der Waals surface area contributed by atoms with Crippen LogP contribution < -0.4 is 16.4 Å². The maximum absolute atomic E-state index is 14.9. The van der Waals surface area contributed by atoms with Crippen LogP contribution in [0.3, 0.4) is 0 Å². The van der Waals surface area contributed by atoms with Crippen molar-refractivity contribution in [1.29, 1.82) is 0 Å². The number of nitrogens with zero attached hydrogens (tertiary/aromatic N) is 2. The molecular formula is C33H46F2N5O9PS. The zero-order chi connectivity index (χ0) is 37.7. The van der Waals surface area contributed by atoms with Gasteiger partial charge in [-0.1, -0.05) is 26.8 Å². The Morgan fingerprint density at radius 3 is 2.53 bits per heavy atom. The molecule has 0 spiro atoms. The van der Waals surface area contributed by atoms with Crippen molar-refractivity contribution in [2.24, 2.45) is 11.7 Å². The van der Waals surface area contributed by atoms with Crippen molar-refractivity contribution in [2.45, 2.75) is 89.6 Å². The highest BCUT2D eigenvalue weighted by Gasteiger charge is 2.52. The number of fused-ring (bicyclic) bond motifs is 2. The third-order valence-electron chi connectivity index (χ3n) is 8.92. The second kappa shape index (κ2) is 16.9. The molecule has 1 aromatic heterocycles. The molecule has 18 heteroatoms. The highest BCUT2D eigenvalue weighted by Crippen LogP contribution is 2.63. The SMILES string of the molecule is CCOP(=O)(O)C(F)(F)c1ccc2sc(C(=O)N[C@H]3CN(CC)CC[C@H]4CC[C@@H](C(=O)N[C@@H](CCC(N)=O)C(=O)OCC(C)C)N4C3=O)cc2c1. The Morgan fingerprint density at radius 2 is 1.88 bits per heavy atom. The minimum absolute atomic E-state index is 0.0347. The van der Waals surface area contributed by atoms with Crippen molar-refractivity contribution in [3.05, 3.63) is 34.7 Å². The number of thiophene rings is 1. The van der Waals surface area contributed by atoms with Crippen LogP contribution in [0, 0.1) is 5.92 Å². The molecule has 0 saturated carbocycles. The average Bonchev–Trinajstić information content (AvgIpc) is 3.69. The van der Waals surface area contributed by atoms with Crippen LogP contribution in [0.5, 0.6) is 0 Å². The van der Waals surface area contributed by atoms with E-state index in [1.54, 1.807) is 0 Å². The zero-order valence-corrected chi connectivity index (χ0v) is 30.8. The number of ether oxygens (including phenoxy) is 1. The Bertz CT molecular complexity index is 1670. The summed E-state index contributed by atoms with van der Waals surface area (Å²) in [5.41, 5.74) is 0.356. The number of carbonyl (C=O) groups is 5. The molecule has 4 rings (SSSR count). The first-order valence-electron chi connectivity index (χ1n) is 17.0. The molecule has 2 fully saturated rings. The van der Waals surface area contributed by atoms with Gasteiger partial charge in [0.15, 0.2) is 0 Å². The molecule has 0 radical (unpaired) electrons. The fourth-order valence-electron chi connectivity index (χ4n) is 6.23. The lowest BCUT2D eigenvalue weighted by molar-refractivity contribution is -0.150. The van der Waals surface area contributed by atoms with E-state index < -0.39 is 73.2 Å². The third-order valence-corrected chi connectivity index (χ3v) is 11.6. The van der Waals surface area contributed by atoms with Crippen molar-refractivity contribution >= 4 is 58.6 Å². The number of nitrogens with two attached hydrogens (primary N) is 1. The molecule has 282 valence electrons. The minimum Gasteiger partial charge on any atom is -0.464 e. The standard InChI is InChI=1S/C33H46F2N5O9PS/c1-5-39-14-13-22-8-10-25(29(42)37-23(9-12-28(36)41)32(45)48-18-19(3)4)40(22)31(44)24(17-39)38-30(43)27-16-20-15-21(7-11-26(20)51-27)33(34,35)50(46,47)49-6-2/h7,11,15-16,19,22-25H,5-6,8-10,12-14,17-18H2,1-4H3,(H2,36,41)(H,37,42)(H,38,43)(H,46,47)/t22-,23+,24+,25+/m1/s1. The first-order chi connectivity index (χ1) is 24.0. The van der Waals surface area contributed by atoms with Crippen molar-refractivity contribution < 1.29 is 51.5 Å². The zero-order valence-electron chi connectivity index (χ0n) is 29.1. The van der Waals surface area contributed by atoms with E-state index in [9.17, 15) is 42.2 Å². The van der Waals surface area contributed by atoms with Gasteiger partial charge in [-0.2, -0.15) is 8.78 Å². The van der Waals surface area contributed by atoms with Gasteiger partial charge in [0, 0.05) is 35.8 Å². The highest BCUT2D eigenvalue weighted by molar-refractivity contribution is 7.53. The van der Waals surface area contributed by atoms with E-state index in [2.05, 4.69) is 15.2 Å². The van der Waals surface area contributed by atoms with E-state index >= 15 is 0 Å². The number of benzene rings is 1. The van der Waals surface area contributed by atoms with Gasteiger partial charge in [0.2, 0.25) is 17.7 Å². The molecule has 0 bridgehead atoms. The van der Waals surface area contributed by atoms with Gasteiger partial charge in [0.1, 0.15) is 18.1 Å². The number of hydrogen-bond acceptors (Lipinski definition) is 10. The van der Waals surface area contributed by atoms with Gasteiger partial charge >= 0.3 is 19.2 Å². The summed E-state index contributed by atoms with van der Waals surface area (Å²) in [4.78, 5) is 79.3. The number of carbonyl (C=O) groups excluding carboxylic acids is 5. The Balaban J connectivity index is 1.55. The molecule has 2 aliphatic rings. The number of halogens is 2. The Hall–Kier alpha value is -3.50. The molecule has 4 amide bonds. The van der Waals surface area contributed by atoms with Crippen LogP contribution in [0.15, 0.2) is 24.3 Å². The highest BCUT2D eigenvalue weighted by atomic mass is 32.1. The van der Waals surface area contributed by atoms with E-state index in [1.807, 2.05) is 25.7 Å². The number of primary amides is 1. The van der Waals surface area contributed by atoms with Gasteiger partial charge in [-0.3, -0.25) is 23.7 Å². The van der Waals surface area contributed by atoms with Crippen molar-refractivity contribution in [3.8, 4) is 0 Å². The van der Waals surface area contributed by atoms with Crippen LogP contribution in [-0.4, -0.2) is 101 Å². The lowest BCUT2D eigenvalue weighted by atomic mass is 10.1. The monoisotopic (exact) mass is 757 g/mol. The van der Waals surface area contributed by atoms with E-state index in [0.717, 1.165) is 23.5 Å². The average molecular weight is 758 g/mol. The predicted molar refractivity (Wildman–Crippen MR) is 185 cm³/mol. The van der Waals surface area contributed by atoms with Crippen LogP contribution in [0.4, 0.5) is 8.78 Å². The normalized spacial score (nSPS) is 21.8. The van der Waals surface area contributed by atoms with Crippen LogP contribution in [-0.2, 0) is 38.7 Å². The molecule has 1 unspecified atom stereocenters. The van der Waals surface area contributed by atoms with E-state index in [-0.39, 0.29) is 48.2 Å². The molecule has 1 aromatic carbocycles. The summed E-state index contributed by atoms with van der Waals surface area (Å²) in [6, 6.07) is 1.21. The van der Waals surface area contributed by atoms with Crippen molar-refractivity contribution in [2.75, 3.05) is 32.8 Å². The van der Waals surface area contributed by atoms with Gasteiger partial charge < -0.3 is 40.3 Å². The second-order valence-electron chi connectivity index (χ2n) is 13.1. The quantitative estimate of drug-likeness (QED) is 0.155. The van der Waals surface area contributed by atoms with Crippen molar-refractivity contribution in [1.82, 2.24) is 20.4 Å². The van der Waals surface area contributed by atoms with Crippen LogP contribution in [0.25, 0.3) is 10.1 Å². The minimum atomic E-state index is -5.33. The van der Waals surface area contributed by atoms with Gasteiger partial charge in [-0.05, 0) is 68.7 Å². The summed E-state index contributed by atoms with van der Waals surface area (Å²) in [6.45, 7) is 7.99. The summed E-state index contributed by atoms with van der Waals surface area (Å²) in [6.07, 6.45) is 1.16. The summed E-state index contributed by atoms with van der Waals surface area (Å²) in [7, 11) is -5.33. The summed E-state index contributed by atoms with van der Waals surface area (Å²) in [5, 5.41) is 5.68. The number of alkyl halides is 2. The number of amides is 4.